The van der Waals surface area contributed by atoms with Gasteiger partial charge in [-0.15, -0.1) is 11.6 Å². The van der Waals surface area contributed by atoms with Crippen molar-refractivity contribution in [1.29, 1.82) is 0 Å². The Hall–Kier alpha value is 0.160. The van der Waals surface area contributed by atoms with Gasteiger partial charge < -0.3 is 10.1 Å². The van der Waals surface area contributed by atoms with Crippen molar-refractivity contribution in [2.75, 3.05) is 32.6 Å². The lowest BCUT2D eigenvalue weighted by Gasteiger charge is -2.10. The highest BCUT2D eigenvalue weighted by Gasteiger charge is 2.14. The minimum atomic E-state index is -2.93. The molecule has 0 aromatic heterocycles. The first-order valence-electron chi connectivity index (χ1n) is 5.45. The lowest BCUT2D eigenvalue weighted by molar-refractivity contribution is 0.195. The maximum atomic E-state index is 11.4. The van der Waals surface area contributed by atoms with Crippen molar-refractivity contribution in [1.82, 2.24) is 5.32 Å². The molecule has 0 saturated heterocycles. The van der Waals surface area contributed by atoms with Crippen LogP contribution in [0.3, 0.4) is 0 Å². The van der Waals surface area contributed by atoms with Crippen molar-refractivity contribution in [3.63, 3.8) is 0 Å². The van der Waals surface area contributed by atoms with E-state index >= 15 is 0 Å². The van der Waals surface area contributed by atoms with E-state index in [4.69, 9.17) is 16.3 Å². The average Bonchev–Trinajstić information content (AvgIpc) is 2.17. The molecule has 1 N–H and O–H groups in total. The summed E-state index contributed by atoms with van der Waals surface area (Å²) in [6.07, 6.45) is 0.775. The van der Waals surface area contributed by atoms with Crippen LogP contribution in [0.5, 0.6) is 0 Å². The molecule has 0 radical (unpaired) electrons. The summed E-state index contributed by atoms with van der Waals surface area (Å²) in [4.78, 5) is 0. The van der Waals surface area contributed by atoms with Crippen LogP contribution in [-0.4, -0.2) is 51.6 Å². The standard InChI is InChI=1S/C10H22ClNO3S/c1-9(2)16(13,14)7-6-12-5-4-10(11)8-15-3/h9-10,12H,4-8H2,1-3H3. The van der Waals surface area contributed by atoms with Crippen molar-refractivity contribution in [2.45, 2.75) is 30.9 Å². The van der Waals surface area contributed by atoms with E-state index in [1.54, 1.807) is 21.0 Å². The predicted molar refractivity (Wildman–Crippen MR) is 67.9 cm³/mol. The van der Waals surface area contributed by atoms with Crippen LogP contribution in [0.15, 0.2) is 0 Å². The summed E-state index contributed by atoms with van der Waals surface area (Å²) in [7, 11) is -1.32. The third-order valence-corrected chi connectivity index (χ3v) is 4.82. The van der Waals surface area contributed by atoms with Gasteiger partial charge >= 0.3 is 0 Å². The predicted octanol–water partition coefficient (Wildman–Crippen LogP) is 1.04. The molecule has 0 aromatic rings. The van der Waals surface area contributed by atoms with Gasteiger partial charge in [0.2, 0.25) is 0 Å². The second-order valence-corrected chi connectivity index (χ2v) is 7.30. The van der Waals surface area contributed by atoms with Crippen molar-refractivity contribution in [2.24, 2.45) is 0 Å². The van der Waals surface area contributed by atoms with Gasteiger partial charge in [0.15, 0.2) is 9.84 Å². The molecule has 4 nitrogen and oxygen atoms in total. The molecular formula is C10H22ClNO3S. The van der Waals surface area contributed by atoms with Gasteiger partial charge in [-0.25, -0.2) is 8.42 Å². The van der Waals surface area contributed by atoms with Gasteiger partial charge in [-0.3, -0.25) is 0 Å². The summed E-state index contributed by atoms with van der Waals surface area (Å²) >= 11 is 5.92. The van der Waals surface area contributed by atoms with E-state index in [2.05, 4.69) is 5.32 Å². The minimum absolute atomic E-state index is 0.0146. The average molecular weight is 272 g/mol. The Bertz CT molecular complexity index is 267. The zero-order valence-corrected chi connectivity index (χ0v) is 11.8. The van der Waals surface area contributed by atoms with Crippen molar-refractivity contribution in [3.8, 4) is 0 Å². The molecule has 1 atom stereocenters. The van der Waals surface area contributed by atoms with Crippen LogP contribution >= 0.6 is 11.6 Å². The van der Waals surface area contributed by atoms with Crippen molar-refractivity contribution < 1.29 is 13.2 Å². The fraction of sp³-hybridized carbons (Fsp3) is 1.00. The minimum Gasteiger partial charge on any atom is -0.383 e. The summed E-state index contributed by atoms with van der Waals surface area (Å²) in [6, 6.07) is 0. The van der Waals surface area contributed by atoms with Crippen LogP contribution in [0, 0.1) is 0 Å². The largest absolute Gasteiger partial charge is 0.383 e. The molecule has 98 valence electrons. The van der Waals surface area contributed by atoms with Gasteiger partial charge in [0.25, 0.3) is 0 Å². The Morgan fingerprint density at radius 2 is 1.94 bits per heavy atom. The van der Waals surface area contributed by atoms with Gasteiger partial charge in [0.05, 0.1) is 23.0 Å². The normalized spacial score (nSPS) is 14.3. The summed E-state index contributed by atoms with van der Waals surface area (Å²) < 4.78 is 27.8. The quantitative estimate of drug-likeness (QED) is 0.503. The van der Waals surface area contributed by atoms with E-state index in [1.807, 2.05) is 0 Å². The van der Waals surface area contributed by atoms with E-state index in [1.165, 1.54) is 0 Å². The molecule has 16 heavy (non-hydrogen) atoms. The van der Waals surface area contributed by atoms with E-state index < -0.39 is 9.84 Å². The van der Waals surface area contributed by atoms with Crippen LogP contribution in [0.4, 0.5) is 0 Å². The number of nitrogens with one attached hydrogen (secondary N) is 1. The summed E-state index contributed by atoms with van der Waals surface area (Å²) in [6.45, 7) is 5.11. The van der Waals surface area contributed by atoms with Crippen molar-refractivity contribution in [3.05, 3.63) is 0 Å². The SMILES string of the molecule is COCC(Cl)CCNCCS(=O)(=O)C(C)C. The van der Waals surface area contributed by atoms with Crippen molar-refractivity contribution >= 4 is 21.4 Å². The van der Waals surface area contributed by atoms with Crippen LogP contribution in [-0.2, 0) is 14.6 Å². The highest BCUT2D eigenvalue weighted by Crippen LogP contribution is 2.01. The molecule has 0 aliphatic carbocycles. The first-order valence-corrected chi connectivity index (χ1v) is 7.60. The second-order valence-electron chi connectivity index (χ2n) is 4.01. The zero-order chi connectivity index (χ0) is 12.6. The maximum Gasteiger partial charge on any atom is 0.153 e. The second kappa shape index (κ2) is 8.28. The molecule has 0 saturated carbocycles. The molecule has 0 spiro atoms. The Balaban J connectivity index is 3.55. The number of halogens is 1. The molecule has 6 heteroatoms. The monoisotopic (exact) mass is 271 g/mol. The molecule has 1 unspecified atom stereocenters. The van der Waals surface area contributed by atoms with Crippen LogP contribution < -0.4 is 5.32 Å². The Labute approximate surface area is 104 Å². The summed E-state index contributed by atoms with van der Waals surface area (Å²) in [5, 5.41) is 2.75. The molecule has 0 fully saturated rings. The van der Waals surface area contributed by atoms with Gasteiger partial charge in [-0.2, -0.15) is 0 Å². The van der Waals surface area contributed by atoms with E-state index in [0.717, 1.165) is 6.42 Å². The fourth-order valence-electron chi connectivity index (χ4n) is 1.10. The number of alkyl halides is 1. The Morgan fingerprint density at radius 1 is 1.31 bits per heavy atom. The van der Waals surface area contributed by atoms with E-state index in [9.17, 15) is 8.42 Å². The molecule has 0 aliphatic rings. The number of hydrogen-bond acceptors (Lipinski definition) is 4. The van der Waals surface area contributed by atoms with Gasteiger partial charge in [0.1, 0.15) is 0 Å². The zero-order valence-electron chi connectivity index (χ0n) is 10.2. The first-order chi connectivity index (χ1) is 7.40. The smallest absolute Gasteiger partial charge is 0.153 e. The van der Waals surface area contributed by atoms with Crippen LogP contribution in [0.1, 0.15) is 20.3 Å². The number of ether oxygens (including phenoxy) is 1. The number of rotatable bonds is 9. The first kappa shape index (κ1) is 16.2. The third kappa shape index (κ3) is 7.44. The third-order valence-electron chi connectivity index (χ3n) is 2.26. The van der Waals surface area contributed by atoms with Gasteiger partial charge in [0, 0.05) is 13.7 Å². The topological polar surface area (TPSA) is 55.4 Å². The molecule has 0 heterocycles. The Kier molecular flexibility index (Phi) is 8.36. The maximum absolute atomic E-state index is 11.4. The molecule has 0 bridgehead atoms. The van der Waals surface area contributed by atoms with Gasteiger partial charge in [-0.05, 0) is 26.8 Å². The number of hydrogen-bond donors (Lipinski definition) is 1. The lowest BCUT2D eigenvalue weighted by Crippen LogP contribution is -2.29. The molecule has 0 aromatic carbocycles. The van der Waals surface area contributed by atoms with Crippen LogP contribution in [0.2, 0.25) is 0 Å². The highest BCUT2D eigenvalue weighted by molar-refractivity contribution is 7.92. The fourth-order valence-corrected chi connectivity index (χ4v) is 2.23. The number of methoxy groups -OCH3 is 1. The summed E-state index contributed by atoms with van der Waals surface area (Å²) in [5.74, 6) is 0.182. The molecular weight excluding hydrogens is 250 g/mol. The summed E-state index contributed by atoms with van der Waals surface area (Å²) in [5.41, 5.74) is 0. The highest BCUT2D eigenvalue weighted by atomic mass is 35.5. The Morgan fingerprint density at radius 3 is 2.44 bits per heavy atom. The van der Waals surface area contributed by atoms with Gasteiger partial charge in [-0.1, -0.05) is 0 Å². The molecule has 0 amide bonds. The van der Waals surface area contributed by atoms with Crippen LogP contribution in [0.25, 0.3) is 0 Å². The molecule has 0 rings (SSSR count). The number of sulfone groups is 1. The van der Waals surface area contributed by atoms with E-state index in [0.29, 0.717) is 19.7 Å². The molecule has 0 aliphatic heterocycles. The lowest BCUT2D eigenvalue weighted by atomic mass is 10.3. The van der Waals surface area contributed by atoms with E-state index in [-0.39, 0.29) is 16.4 Å².